The van der Waals surface area contributed by atoms with E-state index in [2.05, 4.69) is 9.71 Å². The van der Waals surface area contributed by atoms with E-state index in [9.17, 15) is 8.42 Å². The van der Waals surface area contributed by atoms with E-state index in [0.717, 1.165) is 0 Å². The first kappa shape index (κ1) is 12.4. The number of sulfonamides is 1. The normalized spacial score (nSPS) is 10.9. The molecule has 1 aromatic carbocycles. The third kappa shape index (κ3) is 2.60. The molecule has 0 aliphatic rings. The molecule has 2 aromatic rings. The van der Waals surface area contributed by atoms with E-state index >= 15 is 0 Å². The fourth-order valence-electron chi connectivity index (χ4n) is 1.44. The van der Waals surface area contributed by atoms with Gasteiger partial charge in [-0.3, -0.25) is 9.71 Å². The molecule has 18 heavy (non-hydrogen) atoms. The molecule has 1 aromatic heterocycles. The molecule has 0 saturated carbocycles. The number of ether oxygens (including phenoxy) is 1. The van der Waals surface area contributed by atoms with E-state index in [1.165, 1.54) is 25.6 Å². The summed E-state index contributed by atoms with van der Waals surface area (Å²) in [5, 5.41) is 0. The molecule has 0 unspecified atom stereocenters. The van der Waals surface area contributed by atoms with Gasteiger partial charge in [-0.05, 0) is 24.3 Å². The van der Waals surface area contributed by atoms with Gasteiger partial charge in [0.1, 0.15) is 10.6 Å². The fraction of sp³-hybridized carbons (Fsp3) is 0.0833. The molecule has 0 spiro atoms. The minimum atomic E-state index is -3.64. The van der Waals surface area contributed by atoms with Crippen molar-refractivity contribution in [3.8, 4) is 5.75 Å². The Kier molecular flexibility index (Phi) is 3.47. The van der Waals surface area contributed by atoms with E-state index in [1.54, 1.807) is 30.3 Å². The van der Waals surface area contributed by atoms with Gasteiger partial charge in [0.05, 0.1) is 12.8 Å². The number of methoxy groups -OCH3 is 1. The average molecular weight is 264 g/mol. The second-order valence-corrected chi connectivity index (χ2v) is 5.18. The van der Waals surface area contributed by atoms with E-state index in [1.807, 2.05) is 0 Å². The number of nitrogens with zero attached hydrogens (tertiary/aromatic N) is 1. The molecular weight excluding hydrogens is 252 g/mol. The van der Waals surface area contributed by atoms with Crippen LogP contribution in [-0.2, 0) is 10.0 Å². The fourth-order valence-corrected chi connectivity index (χ4v) is 2.47. The summed E-state index contributed by atoms with van der Waals surface area (Å²) in [4.78, 5) is 3.89. The van der Waals surface area contributed by atoms with Crippen LogP contribution in [0.15, 0.2) is 53.7 Å². The maximum Gasteiger partial charge on any atom is 0.263 e. The van der Waals surface area contributed by atoms with Crippen molar-refractivity contribution in [3.05, 3.63) is 48.8 Å². The number of anilines is 1. The lowest BCUT2D eigenvalue weighted by Gasteiger charge is -2.11. The zero-order valence-corrected chi connectivity index (χ0v) is 10.5. The monoisotopic (exact) mass is 264 g/mol. The Hall–Kier alpha value is -2.08. The van der Waals surface area contributed by atoms with Gasteiger partial charge in [0.25, 0.3) is 10.0 Å². The molecule has 0 amide bonds. The van der Waals surface area contributed by atoms with Crippen molar-refractivity contribution in [3.63, 3.8) is 0 Å². The minimum absolute atomic E-state index is 0.107. The van der Waals surface area contributed by atoms with Crippen LogP contribution in [0.4, 0.5) is 5.69 Å². The lowest BCUT2D eigenvalue weighted by Crippen LogP contribution is -2.13. The number of pyridine rings is 1. The first-order chi connectivity index (χ1) is 8.63. The number of benzene rings is 1. The van der Waals surface area contributed by atoms with Gasteiger partial charge in [-0.25, -0.2) is 8.42 Å². The molecule has 5 nitrogen and oxygen atoms in total. The quantitative estimate of drug-likeness (QED) is 0.915. The van der Waals surface area contributed by atoms with Gasteiger partial charge in [-0.15, -0.1) is 0 Å². The molecule has 0 radical (unpaired) electrons. The van der Waals surface area contributed by atoms with Crippen LogP contribution in [0.3, 0.4) is 0 Å². The smallest absolute Gasteiger partial charge is 0.263 e. The Morgan fingerprint density at radius 1 is 1.17 bits per heavy atom. The predicted molar refractivity (Wildman–Crippen MR) is 68.0 cm³/mol. The highest BCUT2D eigenvalue weighted by Crippen LogP contribution is 2.25. The molecule has 2 rings (SSSR count). The van der Waals surface area contributed by atoms with Gasteiger partial charge in [-0.2, -0.15) is 0 Å². The Morgan fingerprint density at radius 3 is 2.61 bits per heavy atom. The molecule has 0 fully saturated rings. The van der Waals surface area contributed by atoms with Crippen LogP contribution < -0.4 is 9.46 Å². The number of rotatable bonds is 4. The number of para-hydroxylation sites is 2. The lowest BCUT2D eigenvalue weighted by atomic mass is 10.3. The number of aromatic nitrogens is 1. The van der Waals surface area contributed by atoms with E-state index < -0.39 is 10.0 Å². The molecule has 0 bridgehead atoms. The molecule has 0 saturated heterocycles. The van der Waals surface area contributed by atoms with Crippen molar-refractivity contribution in [2.45, 2.75) is 4.90 Å². The summed E-state index contributed by atoms with van der Waals surface area (Å²) >= 11 is 0. The number of nitrogens with one attached hydrogen (secondary N) is 1. The Labute approximate surface area is 105 Å². The molecule has 1 N–H and O–H groups in total. The SMILES string of the molecule is COc1ccccc1NS(=O)(=O)c1cccnc1. The highest BCUT2D eigenvalue weighted by molar-refractivity contribution is 7.92. The maximum absolute atomic E-state index is 12.1. The molecule has 6 heteroatoms. The van der Waals surface area contributed by atoms with E-state index in [0.29, 0.717) is 11.4 Å². The molecule has 1 heterocycles. The standard InChI is InChI=1S/C12H12N2O3S/c1-17-12-7-3-2-6-11(12)14-18(15,16)10-5-4-8-13-9-10/h2-9,14H,1H3. The second-order valence-electron chi connectivity index (χ2n) is 3.49. The van der Waals surface area contributed by atoms with Crippen LogP contribution in [0, 0.1) is 0 Å². The van der Waals surface area contributed by atoms with Crippen LogP contribution in [-0.4, -0.2) is 20.5 Å². The topological polar surface area (TPSA) is 68.3 Å². The van der Waals surface area contributed by atoms with Crippen molar-refractivity contribution in [1.82, 2.24) is 4.98 Å². The highest BCUT2D eigenvalue weighted by Gasteiger charge is 2.15. The molecular formula is C12H12N2O3S. The van der Waals surface area contributed by atoms with Gasteiger partial charge in [0.15, 0.2) is 0 Å². The van der Waals surface area contributed by atoms with Crippen molar-refractivity contribution < 1.29 is 13.2 Å². The predicted octanol–water partition coefficient (Wildman–Crippen LogP) is 1.89. The van der Waals surface area contributed by atoms with Gasteiger partial charge >= 0.3 is 0 Å². The van der Waals surface area contributed by atoms with Crippen molar-refractivity contribution in [1.29, 1.82) is 0 Å². The third-order valence-corrected chi connectivity index (χ3v) is 3.65. The summed E-state index contributed by atoms with van der Waals surface area (Å²) in [5.41, 5.74) is 0.392. The van der Waals surface area contributed by atoms with Crippen LogP contribution in [0.2, 0.25) is 0 Å². The Balaban J connectivity index is 2.34. The van der Waals surface area contributed by atoms with Gasteiger partial charge in [0, 0.05) is 12.4 Å². The summed E-state index contributed by atoms with van der Waals surface area (Å²) in [5.74, 6) is 0.463. The highest BCUT2D eigenvalue weighted by atomic mass is 32.2. The number of hydrogen-bond donors (Lipinski definition) is 1. The summed E-state index contributed by atoms with van der Waals surface area (Å²) in [6, 6.07) is 9.85. The van der Waals surface area contributed by atoms with Gasteiger partial charge in [-0.1, -0.05) is 12.1 Å². The van der Waals surface area contributed by atoms with Gasteiger partial charge < -0.3 is 4.74 Å². The van der Waals surface area contributed by atoms with E-state index in [-0.39, 0.29) is 4.90 Å². The molecule has 0 aliphatic carbocycles. The first-order valence-electron chi connectivity index (χ1n) is 5.19. The average Bonchev–Trinajstić information content (AvgIpc) is 2.40. The van der Waals surface area contributed by atoms with Gasteiger partial charge in [0.2, 0.25) is 0 Å². The molecule has 94 valence electrons. The van der Waals surface area contributed by atoms with Crippen molar-refractivity contribution in [2.24, 2.45) is 0 Å². The summed E-state index contributed by atoms with van der Waals surface area (Å²) in [7, 11) is -2.16. The zero-order chi connectivity index (χ0) is 13.0. The third-order valence-electron chi connectivity index (χ3n) is 2.30. The van der Waals surface area contributed by atoms with Crippen LogP contribution >= 0.6 is 0 Å². The van der Waals surface area contributed by atoms with Crippen LogP contribution in [0.1, 0.15) is 0 Å². The second kappa shape index (κ2) is 5.05. The Morgan fingerprint density at radius 2 is 1.94 bits per heavy atom. The van der Waals surface area contributed by atoms with Crippen molar-refractivity contribution in [2.75, 3.05) is 11.8 Å². The first-order valence-corrected chi connectivity index (χ1v) is 6.67. The largest absolute Gasteiger partial charge is 0.495 e. The zero-order valence-electron chi connectivity index (χ0n) is 9.70. The van der Waals surface area contributed by atoms with E-state index in [4.69, 9.17) is 4.74 Å². The van der Waals surface area contributed by atoms with Crippen LogP contribution in [0.25, 0.3) is 0 Å². The number of hydrogen-bond acceptors (Lipinski definition) is 4. The van der Waals surface area contributed by atoms with Crippen molar-refractivity contribution >= 4 is 15.7 Å². The Bertz CT molecular complexity index is 627. The summed E-state index contributed by atoms with van der Waals surface area (Å²) < 4.78 is 31.7. The summed E-state index contributed by atoms with van der Waals surface area (Å²) in [6.45, 7) is 0. The molecule has 0 atom stereocenters. The lowest BCUT2D eigenvalue weighted by molar-refractivity contribution is 0.417. The maximum atomic E-state index is 12.1. The molecule has 0 aliphatic heterocycles. The minimum Gasteiger partial charge on any atom is -0.495 e. The van der Waals surface area contributed by atoms with Crippen LogP contribution in [0.5, 0.6) is 5.75 Å². The summed E-state index contributed by atoms with van der Waals surface area (Å²) in [6.07, 6.45) is 2.81.